The molecule has 1 heterocycles. The molecule has 6 heteroatoms. The lowest BCUT2D eigenvalue weighted by Gasteiger charge is -2.16. The normalized spacial score (nSPS) is 10.6. The summed E-state index contributed by atoms with van der Waals surface area (Å²) < 4.78 is 13.6. The summed E-state index contributed by atoms with van der Waals surface area (Å²) in [7, 11) is 1.74. The topological polar surface area (TPSA) is 16.1 Å². The van der Waals surface area contributed by atoms with Gasteiger partial charge >= 0.3 is 0 Å². The molecular formula is C11H9Cl2FN2S. The van der Waals surface area contributed by atoms with E-state index in [0.717, 1.165) is 4.88 Å². The monoisotopic (exact) mass is 290 g/mol. The third-order valence-electron chi connectivity index (χ3n) is 2.26. The Labute approximate surface area is 113 Å². The molecule has 2 rings (SSSR count). The van der Waals surface area contributed by atoms with Gasteiger partial charge in [0.05, 0.1) is 16.4 Å². The molecule has 0 amide bonds. The molecule has 2 nitrogen and oxygen atoms in total. The van der Waals surface area contributed by atoms with Gasteiger partial charge in [-0.1, -0.05) is 35.1 Å². The molecule has 17 heavy (non-hydrogen) atoms. The van der Waals surface area contributed by atoms with E-state index in [1.165, 1.54) is 17.4 Å². The van der Waals surface area contributed by atoms with Gasteiger partial charge in [-0.3, -0.25) is 0 Å². The number of benzene rings is 1. The summed E-state index contributed by atoms with van der Waals surface area (Å²) in [6.07, 6.45) is 0. The van der Waals surface area contributed by atoms with Gasteiger partial charge < -0.3 is 4.90 Å². The molecule has 1 aromatic carbocycles. The maximum Gasteiger partial charge on any atom is 0.191 e. The van der Waals surface area contributed by atoms with E-state index >= 15 is 0 Å². The van der Waals surface area contributed by atoms with Gasteiger partial charge in [-0.25, -0.2) is 9.37 Å². The molecule has 1 aromatic heterocycles. The van der Waals surface area contributed by atoms with Crippen LogP contribution in [0.25, 0.3) is 0 Å². The van der Waals surface area contributed by atoms with Crippen LogP contribution in [0.4, 0.5) is 15.2 Å². The van der Waals surface area contributed by atoms with Gasteiger partial charge in [-0.2, -0.15) is 0 Å². The number of anilines is 2. The number of aromatic nitrogens is 1. The van der Waals surface area contributed by atoms with Crippen LogP contribution in [-0.4, -0.2) is 12.0 Å². The molecule has 2 aromatic rings. The van der Waals surface area contributed by atoms with Crippen LogP contribution < -0.4 is 4.90 Å². The van der Waals surface area contributed by atoms with Crippen LogP contribution in [0, 0.1) is 5.82 Å². The molecule has 0 saturated carbocycles. The third kappa shape index (κ3) is 2.54. The molecule has 0 aliphatic rings. The van der Waals surface area contributed by atoms with Gasteiger partial charge in [0, 0.05) is 7.05 Å². The zero-order valence-electron chi connectivity index (χ0n) is 8.95. The number of halogens is 3. The third-order valence-corrected chi connectivity index (χ3v) is 4.24. The molecular weight excluding hydrogens is 282 g/mol. The van der Waals surface area contributed by atoms with Crippen molar-refractivity contribution in [3.63, 3.8) is 0 Å². The molecule has 0 N–H and O–H groups in total. The minimum absolute atomic E-state index is 0.297. The fourth-order valence-corrected chi connectivity index (χ4v) is 2.82. The van der Waals surface area contributed by atoms with Crippen LogP contribution in [0.15, 0.2) is 24.3 Å². The average Bonchev–Trinajstić information content (AvgIpc) is 2.70. The van der Waals surface area contributed by atoms with Crippen molar-refractivity contribution in [2.45, 2.75) is 5.88 Å². The van der Waals surface area contributed by atoms with Crippen LogP contribution >= 0.6 is 34.5 Å². The number of rotatable bonds is 3. The van der Waals surface area contributed by atoms with Crippen molar-refractivity contribution in [2.75, 3.05) is 11.9 Å². The average molecular weight is 291 g/mol. The Morgan fingerprint density at radius 1 is 1.41 bits per heavy atom. The quantitative estimate of drug-likeness (QED) is 0.777. The van der Waals surface area contributed by atoms with Gasteiger partial charge in [0.2, 0.25) is 0 Å². The van der Waals surface area contributed by atoms with Gasteiger partial charge in [0.15, 0.2) is 5.13 Å². The number of para-hydroxylation sites is 1. The summed E-state index contributed by atoms with van der Waals surface area (Å²) in [5.41, 5.74) is 0.457. The second-order valence-corrected chi connectivity index (χ2v) is 5.04. The Morgan fingerprint density at radius 2 is 2.12 bits per heavy atom. The van der Waals surface area contributed by atoms with E-state index in [1.54, 1.807) is 30.1 Å². The van der Waals surface area contributed by atoms with Gasteiger partial charge in [0.25, 0.3) is 0 Å². The van der Waals surface area contributed by atoms with Crippen molar-refractivity contribution >= 4 is 45.4 Å². The molecule has 0 atom stereocenters. The minimum atomic E-state index is -0.297. The lowest BCUT2D eigenvalue weighted by Crippen LogP contribution is -2.10. The highest BCUT2D eigenvalue weighted by Crippen LogP contribution is 2.34. The number of alkyl halides is 1. The fourth-order valence-electron chi connectivity index (χ4n) is 1.37. The van der Waals surface area contributed by atoms with Crippen LogP contribution in [0.3, 0.4) is 0 Å². The zero-order valence-corrected chi connectivity index (χ0v) is 11.3. The molecule has 0 saturated heterocycles. The summed E-state index contributed by atoms with van der Waals surface area (Å²) in [4.78, 5) is 6.60. The number of hydrogen-bond acceptors (Lipinski definition) is 3. The van der Waals surface area contributed by atoms with Crippen LogP contribution in [0.1, 0.15) is 4.88 Å². The maximum atomic E-state index is 13.6. The highest BCUT2D eigenvalue weighted by molar-refractivity contribution is 7.16. The summed E-state index contributed by atoms with van der Waals surface area (Å²) in [6, 6.07) is 6.51. The second-order valence-electron chi connectivity index (χ2n) is 3.35. The smallest absolute Gasteiger partial charge is 0.191 e. The van der Waals surface area contributed by atoms with Crippen molar-refractivity contribution in [3.8, 4) is 0 Å². The van der Waals surface area contributed by atoms with E-state index in [2.05, 4.69) is 4.98 Å². The van der Waals surface area contributed by atoms with Gasteiger partial charge in [-0.15, -0.1) is 11.6 Å². The summed E-state index contributed by atoms with van der Waals surface area (Å²) in [6.45, 7) is 0. The summed E-state index contributed by atoms with van der Waals surface area (Å²) in [5.74, 6) is 0.00970. The van der Waals surface area contributed by atoms with Crippen LogP contribution in [-0.2, 0) is 5.88 Å². The standard InChI is InChI=1S/C11H9Cl2FN2S/c1-16(8-5-3-2-4-7(8)14)11-15-10(13)9(6-12)17-11/h2-5H,6H2,1H3. The Morgan fingerprint density at radius 3 is 2.71 bits per heavy atom. The predicted octanol–water partition coefficient (Wildman–Crippen LogP) is 4.44. The highest BCUT2D eigenvalue weighted by Gasteiger charge is 2.15. The van der Waals surface area contributed by atoms with Crippen LogP contribution in [0.5, 0.6) is 0 Å². The summed E-state index contributed by atoms with van der Waals surface area (Å²) in [5, 5.41) is 0.999. The van der Waals surface area contributed by atoms with Crippen molar-refractivity contribution < 1.29 is 4.39 Å². The predicted molar refractivity (Wildman–Crippen MR) is 71.1 cm³/mol. The molecule has 0 spiro atoms. The first-order valence-electron chi connectivity index (χ1n) is 4.83. The Hall–Kier alpha value is -0.840. The molecule has 0 unspecified atom stereocenters. The van der Waals surface area contributed by atoms with Crippen molar-refractivity contribution in [3.05, 3.63) is 40.1 Å². The molecule has 0 bridgehead atoms. The zero-order chi connectivity index (χ0) is 12.4. The minimum Gasteiger partial charge on any atom is -0.318 e. The Balaban J connectivity index is 2.37. The van der Waals surface area contributed by atoms with Crippen LogP contribution in [0.2, 0.25) is 5.15 Å². The molecule has 0 aliphatic carbocycles. The number of thiazole rings is 1. The lowest BCUT2D eigenvalue weighted by atomic mass is 10.3. The first-order valence-corrected chi connectivity index (χ1v) is 6.56. The van der Waals surface area contributed by atoms with E-state index in [1.807, 2.05) is 0 Å². The van der Waals surface area contributed by atoms with E-state index in [0.29, 0.717) is 21.9 Å². The van der Waals surface area contributed by atoms with E-state index < -0.39 is 0 Å². The molecule has 0 radical (unpaired) electrons. The maximum absolute atomic E-state index is 13.6. The number of nitrogens with zero attached hydrogens (tertiary/aromatic N) is 2. The second kappa shape index (κ2) is 5.21. The highest BCUT2D eigenvalue weighted by atomic mass is 35.5. The van der Waals surface area contributed by atoms with Crippen molar-refractivity contribution in [1.29, 1.82) is 0 Å². The van der Waals surface area contributed by atoms with Gasteiger partial charge in [0.1, 0.15) is 11.0 Å². The number of hydrogen-bond donors (Lipinski definition) is 0. The van der Waals surface area contributed by atoms with E-state index in [9.17, 15) is 4.39 Å². The van der Waals surface area contributed by atoms with Crippen molar-refractivity contribution in [1.82, 2.24) is 4.98 Å². The van der Waals surface area contributed by atoms with E-state index in [4.69, 9.17) is 23.2 Å². The Bertz CT molecular complexity index is 530. The first kappa shape index (κ1) is 12.6. The molecule has 0 aliphatic heterocycles. The fraction of sp³-hybridized carbons (Fsp3) is 0.182. The summed E-state index contributed by atoms with van der Waals surface area (Å²) >= 11 is 13.0. The van der Waals surface area contributed by atoms with E-state index in [-0.39, 0.29) is 5.82 Å². The molecule has 90 valence electrons. The SMILES string of the molecule is CN(c1nc(Cl)c(CCl)s1)c1ccccc1F. The Kier molecular flexibility index (Phi) is 3.86. The lowest BCUT2D eigenvalue weighted by molar-refractivity contribution is 0.627. The first-order chi connectivity index (χ1) is 8.13. The molecule has 0 fully saturated rings. The van der Waals surface area contributed by atoms with Crippen molar-refractivity contribution in [2.24, 2.45) is 0 Å². The largest absolute Gasteiger partial charge is 0.318 e. The van der Waals surface area contributed by atoms with Gasteiger partial charge in [-0.05, 0) is 12.1 Å².